The van der Waals surface area contributed by atoms with Gasteiger partial charge in [0.1, 0.15) is 24.3 Å². The second-order valence-electron chi connectivity index (χ2n) is 13.0. The van der Waals surface area contributed by atoms with Crippen molar-refractivity contribution in [3.8, 4) is 0 Å². The van der Waals surface area contributed by atoms with Gasteiger partial charge in [-0.1, -0.05) is 24.3 Å². The third kappa shape index (κ3) is 10.0. The molecule has 1 aliphatic heterocycles. The van der Waals surface area contributed by atoms with Gasteiger partial charge in [-0.15, -0.1) is 0 Å². The van der Waals surface area contributed by atoms with Crippen molar-refractivity contribution < 1.29 is 33.7 Å². The number of carbonyl (C=O) groups excluding carboxylic acids is 4. The van der Waals surface area contributed by atoms with E-state index in [4.69, 9.17) is 26.3 Å². The summed E-state index contributed by atoms with van der Waals surface area (Å²) in [6.45, 7) is 7.44. The molecular weight excluding hydrogens is 638 g/mol. The molecule has 4 bridgehead atoms. The Morgan fingerprint density at radius 3 is 2.31 bits per heavy atom. The Morgan fingerprint density at radius 1 is 0.979 bits per heavy atom. The zero-order valence-corrected chi connectivity index (χ0v) is 28.9. The number of aromatic nitrogens is 1. The number of benzene rings is 2. The van der Waals surface area contributed by atoms with E-state index >= 15 is 0 Å². The number of halogens is 1. The van der Waals surface area contributed by atoms with Gasteiger partial charge in [-0.2, -0.15) is 0 Å². The van der Waals surface area contributed by atoms with E-state index in [1.54, 1.807) is 4.57 Å². The second-order valence-corrected chi connectivity index (χ2v) is 13.3. The lowest BCUT2D eigenvalue weighted by Crippen LogP contribution is -2.55. The molecule has 3 amide bonds. The molecule has 1 aliphatic rings. The molecule has 0 saturated heterocycles. The molecule has 0 radical (unpaired) electrons. The van der Waals surface area contributed by atoms with Gasteiger partial charge in [0, 0.05) is 30.7 Å². The van der Waals surface area contributed by atoms with Crippen LogP contribution in [0.4, 0.5) is 4.79 Å². The Bertz CT molecular complexity index is 1650. The van der Waals surface area contributed by atoms with Crippen LogP contribution in [0.25, 0.3) is 21.8 Å². The zero-order chi connectivity index (χ0) is 34.8. The van der Waals surface area contributed by atoms with Gasteiger partial charge >= 0.3 is 6.09 Å². The minimum Gasteiger partial charge on any atom is -0.443 e. The van der Waals surface area contributed by atoms with Crippen molar-refractivity contribution in [2.75, 3.05) is 20.3 Å². The van der Waals surface area contributed by atoms with Crippen molar-refractivity contribution in [1.82, 2.24) is 25.4 Å². The molecule has 48 heavy (non-hydrogen) atoms. The SMILES string of the molecule is COOC[C@@H]1CC=CCc2ccc3c(c2)c2cc(ccc2n3C(=O)OC(C)(C)C)CC(NC(C)=O)C(=O)N[C@@H](CCCCNCl)C(=O)N1. The third-order valence-corrected chi connectivity index (χ3v) is 8.11. The Balaban J connectivity index is 1.80. The van der Waals surface area contributed by atoms with Gasteiger partial charge in [0.15, 0.2) is 0 Å². The summed E-state index contributed by atoms with van der Waals surface area (Å²) in [6.07, 6.45) is 6.35. The molecule has 2 heterocycles. The maximum Gasteiger partial charge on any atom is 0.419 e. The first-order valence-electron chi connectivity index (χ1n) is 16.2. The minimum absolute atomic E-state index is 0.0920. The van der Waals surface area contributed by atoms with Crippen LogP contribution in [0, 0.1) is 0 Å². The van der Waals surface area contributed by atoms with E-state index in [0.717, 1.165) is 21.9 Å². The normalized spacial score (nSPS) is 19.3. The van der Waals surface area contributed by atoms with E-state index in [9.17, 15) is 19.2 Å². The molecule has 0 spiro atoms. The molecule has 1 aromatic heterocycles. The molecular formula is C35H46ClN5O7. The number of hydrogen-bond donors (Lipinski definition) is 4. The number of ether oxygens (including phenoxy) is 1. The average molecular weight is 684 g/mol. The highest BCUT2D eigenvalue weighted by Crippen LogP contribution is 2.32. The van der Waals surface area contributed by atoms with E-state index in [-0.39, 0.29) is 24.8 Å². The second kappa shape index (κ2) is 16.9. The van der Waals surface area contributed by atoms with Gasteiger partial charge in [-0.05, 0) is 100 Å². The highest BCUT2D eigenvalue weighted by molar-refractivity contribution is 6.13. The lowest BCUT2D eigenvalue weighted by atomic mass is 10.00. The minimum atomic E-state index is -0.969. The van der Waals surface area contributed by atoms with Crippen molar-refractivity contribution in [3.05, 3.63) is 59.7 Å². The quantitative estimate of drug-likeness (QED) is 0.0842. The maximum atomic E-state index is 13.8. The summed E-state index contributed by atoms with van der Waals surface area (Å²) in [6, 6.07) is 9.25. The van der Waals surface area contributed by atoms with Crippen LogP contribution in [-0.2, 0) is 41.7 Å². The molecule has 1 unspecified atom stereocenters. The first kappa shape index (κ1) is 36.9. The lowest BCUT2D eigenvalue weighted by Gasteiger charge is -2.25. The molecule has 0 fully saturated rings. The van der Waals surface area contributed by atoms with Gasteiger partial charge in [-0.3, -0.25) is 14.4 Å². The Labute approximate surface area is 285 Å². The summed E-state index contributed by atoms with van der Waals surface area (Å²) < 4.78 is 7.34. The van der Waals surface area contributed by atoms with Crippen LogP contribution in [0.15, 0.2) is 48.6 Å². The summed E-state index contributed by atoms with van der Waals surface area (Å²) in [4.78, 5) is 65.7. The number of fused-ring (bicyclic) bond motifs is 2. The van der Waals surface area contributed by atoms with Gasteiger partial charge in [0.2, 0.25) is 17.7 Å². The molecule has 13 heteroatoms. The number of allylic oxidation sites excluding steroid dienone is 1. The maximum absolute atomic E-state index is 13.8. The molecule has 0 saturated carbocycles. The predicted molar refractivity (Wildman–Crippen MR) is 184 cm³/mol. The molecule has 0 aliphatic carbocycles. The summed E-state index contributed by atoms with van der Waals surface area (Å²) in [5.41, 5.74) is 2.44. The Hall–Kier alpha value is -3.97. The molecule has 3 atom stereocenters. The van der Waals surface area contributed by atoms with Crippen LogP contribution in [0.1, 0.15) is 64.5 Å². The summed E-state index contributed by atoms with van der Waals surface area (Å²) in [5, 5.41) is 10.3. The number of nitrogens with one attached hydrogen (secondary N) is 4. The highest BCUT2D eigenvalue weighted by atomic mass is 35.5. The van der Waals surface area contributed by atoms with Crippen LogP contribution >= 0.6 is 11.8 Å². The van der Waals surface area contributed by atoms with E-state index in [1.807, 2.05) is 69.3 Å². The fourth-order valence-electron chi connectivity index (χ4n) is 5.75. The number of amides is 3. The van der Waals surface area contributed by atoms with Crippen LogP contribution < -0.4 is 20.8 Å². The zero-order valence-electron chi connectivity index (χ0n) is 28.2. The molecule has 2 aromatic carbocycles. The third-order valence-electron chi connectivity index (χ3n) is 7.93. The fraction of sp³-hybridized carbons (Fsp3) is 0.486. The van der Waals surface area contributed by atoms with Crippen LogP contribution in [0.2, 0.25) is 0 Å². The van der Waals surface area contributed by atoms with E-state index < -0.39 is 35.7 Å². The molecule has 12 nitrogen and oxygen atoms in total. The molecule has 4 rings (SSSR count). The monoisotopic (exact) mass is 683 g/mol. The largest absolute Gasteiger partial charge is 0.443 e. The van der Waals surface area contributed by atoms with Gasteiger partial charge in [-0.25, -0.2) is 24.0 Å². The van der Waals surface area contributed by atoms with Crippen LogP contribution in [0.5, 0.6) is 0 Å². The standard InChI is InChI=1S/C35H46ClN5O7/c1-22(42)38-29-20-24-14-16-31-27(19-24)26-18-23(13-15-30(26)41(31)34(45)48-35(2,3)4)10-6-7-11-25(21-47-46-5)39-32(43)28(40-33(29)44)12-8-9-17-37-36/h6-7,13-16,18-19,25,28-29,37H,8-12,17,20-21H2,1-5H3,(H,38,42)(H,39,43)(H,40,44)/t25-,28-,29?/m0/s1. The van der Waals surface area contributed by atoms with E-state index in [1.165, 1.54) is 14.0 Å². The number of carbonyl (C=O) groups is 4. The van der Waals surface area contributed by atoms with E-state index in [2.05, 4.69) is 20.8 Å². The molecule has 260 valence electrons. The van der Waals surface area contributed by atoms with Crippen molar-refractivity contribution in [2.24, 2.45) is 0 Å². The summed E-state index contributed by atoms with van der Waals surface area (Å²) >= 11 is 5.62. The first-order chi connectivity index (χ1) is 22.9. The summed E-state index contributed by atoms with van der Waals surface area (Å²) in [7, 11) is 1.40. The van der Waals surface area contributed by atoms with Crippen molar-refractivity contribution >= 4 is 57.4 Å². The van der Waals surface area contributed by atoms with Crippen molar-refractivity contribution in [2.45, 2.75) is 89.9 Å². The number of unbranched alkanes of at least 4 members (excludes halogenated alkanes) is 1. The average Bonchev–Trinajstić information content (AvgIpc) is 3.34. The van der Waals surface area contributed by atoms with Gasteiger partial charge in [0.05, 0.1) is 24.2 Å². The summed E-state index contributed by atoms with van der Waals surface area (Å²) in [5.74, 6) is -1.25. The van der Waals surface area contributed by atoms with Crippen LogP contribution in [-0.4, -0.2) is 72.4 Å². The van der Waals surface area contributed by atoms with Crippen LogP contribution in [0.3, 0.4) is 0 Å². The lowest BCUT2D eigenvalue weighted by molar-refractivity contribution is -0.275. The predicted octanol–water partition coefficient (Wildman–Crippen LogP) is 4.59. The Morgan fingerprint density at radius 2 is 1.67 bits per heavy atom. The van der Waals surface area contributed by atoms with Crippen molar-refractivity contribution in [1.29, 1.82) is 0 Å². The van der Waals surface area contributed by atoms with Crippen molar-refractivity contribution in [3.63, 3.8) is 0 Å². The highest BCUT2D eigenvalue weighted by Gasteiger charge is 2.29. The van der Waals surface area contributed by atoms with E-state index in [0.29, 0.717) is 49.7 Å². The smallest absolute Gasteiger partial charge is 0.419 e. The topological polar surface area (TPSA) is 149 Å². The fourth-order valence-corrected chi connectivity index (χ4v) is 5.88. The van der Waals surface area contributed by atoms with Gasteiger partial charge < -0.3 is 20.7 Å². The van der Waals surface area contributed by atoms with Gasteiger partial charge in [0.25, 0.3) is 0 Å². The first-order valence-corrected chi connectivity index (χ1v) is 16.6. The Kier molecular flexibility index (Phi) is 13.0. The molecule has 3 aromatic rings. The number of nitrogens with zero attached hydrogens (tertiary/aromatic N) is 1. The molecule has 4 N–H and O–H groups in total. The number of hydrogen-bond acceptors (Lipinski definition) is 8. The number of rotatable bonds is 9.